The van der Waals surface area contributed by atoms with E-state index in [4.69, 9.17) is 5.11 Å². The minimum atomic E-state index is -5.50. The van der Waals surface area contributed by atoms with Gasteiger partial charge in [0.1, 0.15) is 6.42 Å². The van der Waals surface area contributed by atoms with Gasteiger partial charge in [0.05, 0.1) is 6.61 Å². The molecule has 0 radical (unpaired) electrons. The second kappa shape index (κ2) is 9.86. The van der Waals surface area contributed by atoms with Crippen molar-refractivity contribution in [3.8, 4) is 0 Å². The molecule has 0 spiro atoms. The number of aliphatic carboxylic acids is 1. The normalized spacial score (nSPS) is 12.2. The van der Waals surface area contributed by atoms with E-state index in [-0.39, 0.29) is 18.8 Å². The van der Waals surface area contributed by atoms with Gasteiger partial charge in [0.25, 0.3) is 0 Å². The molecule has 0 saturated heterocycles. The number of hydrogen-bond acceptors (Lipinski definition) is 4. The van der Waals surface area contributed by atoms with Crippen LogP contribution < -0.4 is 0 Å². The van der Waals surface area contributed by atoms with E-state index < -0.39 is 36.9 Å². The van der Waals surface area contributed by atoms with Crippen molar-refractivity contribution < 1.29 is 41.4 Å². The number of carboxylic acid groups (broad SMARTS) is 1. The van der Waals surface area contributed by atoms with Gasteiger partial charge in [-0.25, -0.2) is 0 Å². The lowest BCUT2D eigenvalue weighted by Crippen LogP contribution is -2.36. The van der Waals surface area contributed by atoms with E-state index in [1.807, 2.05) is 0 Å². The minimum Gasteiger partial charge on any atom is -0.481 e. The summed E-state index contributed by atoms with van der Waals surface area (Å²) in [6, 6.07) is 0. The molecule has 22 heavy (non-hydrogen) atoms. The van der Waals surface area contributed by atoms with E-state index in [2.05, 4.69) is 4.74 Å². The number of rotatable bonds is 11. The number of unbranched alkanes of at least 4 members (excludes halogenated alkanes) is 1. The molecule has 4 nitrogen and oxygen atoms in total. The molecule has 0 amide bonds. The third-order valence-electron chi connectivity index (χ3n) is 2.44. The summed E-state index contributed by atoms with van der Waals surface area (Å²) in [5.41, 5.74) is 0. The van der Waals surface area contributed by atoms with Crippen molar-refractivity contribution in [2.24, 2.45) is 0 Å². The summed E-state index contributed by atoms with van der Waals surface area (Å²) in [5.74, 6) is -6.05. The predicted molar refractivity (Wildman–Crippen MR) is 70.0 cm³/mol. The summed E-state index contributed by atoms with van der Waals surface area (Å²) in [5, 5.41) is 8.29. The van der Waals surface area contributed by atoms with E-state index in [0.29, 0.717) is 18.6 Å². The van der Waals surface area contributed by atoms with Crippen LogP contribution in [-0.2, 0) is 14.3 Å². The smallest absolute Gasteiger partial charge is 0.453 e. The zero-order valence-electron chi connectivity index (χ0n) is 11.6. The topological polar surface area (TPSA) is 63.6 Å². The first-order valence-corrected chi connectivity index (χ1v) is 7.61. The Morgan fingerprint density at radius 2 is 1.59 bits per heavy atom. The first-order valence-electron chi connectivity index (χ1n) is 6.46. The second-order valence-corrected chi connectivity index (χ2v) is 5.64. The van der Waals surface area contributed by atoms with E-state index in [1.165, 1.54) is 11.8 Å². The average Bonchev–Trinajstić information content (AvgIpc) is 2.34. The number of thioether (sulfide) groups is 1. The van der Waals surface area contributed by atoms with Gasteiger partial charge in [-0.1, -0.05) is 0 Å². The van der Waals surface area contributed by atoms with Gasteiger partial charge in [0, 0.05) is 6.42 Å². The minimum absolute atomic E-state index is 0.0544. The Morgan fingerprint density at radius 1 is 1.00 bits per heavy atom. The molecule has 0 unspecified atom stereocenters. The molecule has 0 aromatic heterocycles. The summed E-state index contributed by atoms with van der Waals surface area (Å²) < 4.78 is 65.3. The van der Waals surface area contributed by atoms with Gasteiger partial charge in [-0.05, 0) is 30.8 Å². The number of ether oxygens (including phenoxy) is 1. The van der Waals surface area contributed by atoms with Crippen molar-refractivity contribution in [2.45, 2.75) is 44.2 Å². The Hall–Kier alpha value is -1.06. The fourth-order valence-corrected chi connectivity index (χ4v) is 2.27. The summed E-state index contributed by atoms with van der Waals surface area (Å²) in [6.45, 7) is 0.0544. The zero-order chi connectivity index (χ0) is 17.2. The van der Waals surface area contributed by atoms with E-state index in [0.717, 1.165) is 0 Å². The van der Waals surface area contributed by atoms with Crippen molar-refractivity contribution in [2.75, 3.05) is 18.1 Å². The van der Waals surface area contributed by atoms with Crippen molar-refractivity contribution >= 4 is 23.7 Å². The Balaban J connectivity index is 3.49. The van der Waals surface area contributed by atoms with Crippen LogP contribution in [0.4, 0.5) is 22.0 Å². The van der Waals surface area contributed by atoms with Gasteiger partial charge in [-0.2, -0.15) is 33.7 Å². The molecule has 0 rings (SSSR count). The van der Waals surface area contributed by atoms with Crippen molar-refractivity contribution in [3.05, 3.63) is 0 Å². The van der Waals surface area contributed by atoms with Gasteiger partial charge >= 0.3 is 24.0 Å². The standard InChI is InChI=1S/C12H17F5O4S/c13-11(14,12(15,16)17)4-3-7-22-6-2-1-5-21-10(20)8-9(18)19/h1-8H2,(H,18,19). The molecule has 0 atom stereocenters. The molecule has 0 aliphatic rings. The van der Waals surface area contributed by atoms with Gasteiger partial charge < -0.3 is 9.84 Å². The van der Waals surface area contributed by atoms with Crippen molar-refractivity contribution in [1.82, 2.24) is 0 Å². The van der Waals surface area contributed by atoms with Crippen LogP contribution in [0, 0.1) is 0 Å². The SMILES string of the molecule is O=C(O)CC(=O)OCCCCSCCCC(F)(F)C(F)(F)F. The van der Waals surface area contributed by atoms with Crippen LogP contribution in [0.15, 0.2) is 0 Å². The van der Waals surface area contributed by atoms with Gasteiger partial charge in [0.2, 0.25) is 0 Å². The molecule has 0 aliphatic heterocycles. The number of carbonyl (C=O) groups excluding carboxylic acids is 1. The number of hydrogen-bond donors (Lipinski definition) is 1. The summed E-state index contributed by atoms with van der Waals surface area (Å²) in [6.07, 6.45) is -6.63. The molecule has 0 aromatic carbocycles. The lowest BCUT2D eigenvalue weighted by molar-refractivity contribution is -0.284. The highest BCUT2D eigenvalue weighted by Gasteiger charge is 2.56. The van der Waals surface area contributed by atoms with Crippen LogP contribution >= 0.6 is 11.8 Å². The fourth-order valence-electron chi connectivity index (χ4n) is 1.31. The molecule has 1 N–H and O–H groups in total. The van der Waals surface area contributed by atoms with Crippen LogP contribution in [0.3, 0.4) is 0 Å². The lowest BCUT2D eigenvalue weighted by atomic mass is 10.2. The maximum atomic E-state index is 12.5. The summed E-state index contributed by atoms with van der Waals surface area (Å²) >= 11 is 1.24. The van der Waals surface area contributed by atoms with Crippen LogP contribution in [-0.4, -0.2) is 47.3 Å². The highest BCUT2D eigenvalue weighted by Crippen LogP contribution is 2.39. The van der Waals surface area contributed by atoms with Crippen LogP contribution in [0.5, 0.6) is 0 Å². The Labute approximate surface area is 128 Å². The first-order chi connectivity index (χ1) is 10.1. The number of alkyl halides is 5. The molecule has 0 aliphatic carbocycles. The third-order valence-corrected chi connectivity index (χ3v) is 3.59. The second-order valence-electron chi connectivity index (χ2n) is 4.42. The fraction of sp³-hybridized carbons (Fsp3) is 0.833. The molecule has 10 heteroatoms. The monoisotopic (exact) mass is 352 g/mol. The van der Waals surface area contributed by atoms with Crippen LogP contribution in [0.2, 0.25) is 0 Å². The van der Waals surface area contributed by atoms with Gasteiger partial charge in [-0.15, -0.1) is 0 Å². The Kier molecular flexibility index (Phi) is 9.38. The number of esters is 1. The van der Waals surface area contributed by atoms with Crippen LogP contribution in [0.1, 0.15) is 32.1 Å². The Bertz CT molecular complexity index is 360. The van der Waals surface area contributed by atoms with Gasteiger partial charge in [0.15, 0.2) is 0 Å². The van der Waals surface area contributed by atoms with Crippen molar-refractivity contribution in [3.63, 3.8) is 0 Å². The highest BCUT2D eigenvalue weighted by atomic mass is 32.2. The number of carbonyl (C=O) groups is 2. The van der Waals surface area contributed by atoms with E-state index in [9.17, 15) is 31.5 Å². The number of halogens is 5. The number of carboxylic acids is 1. The predicted octanol–water partition coefficient (Wildman–Crippen LogP) is 3.50. The first kappa shape index (κ1) is 20.9. The molecule has 0 fully saturated rings. The summed E-state index contributed by atoms with van der Waals surface area (Å²) in [7, 11) is 0. The van der Waals surface area contributed by atoms with Gasteiger partial charge in [-0.3, -0.25) is 9.59 Å². The van der Waals surface area contributed by atoms with Crippen LogP contribution in [0.25, 0.3) is 0 Å². The zero-order valence-corrected chi connectivity index (χ0v) is 12.4. The molecular formula is C12H17F5O4S. The highest BCUT2D eigenvalue weighted by molar-refractivity contribution is 7.99. The van der Waals surface area contributed by atoms with E-state index >= 15 is 0 Å². The maximum absolute atomic E-state index is 12.5. The average molecular weight is 352 g/mol. The molecule has 0 heterocycles. The Morgan fingerprint density at radius 3 is 2.14 bits per heavy atom. The largest absolute Gasteiger partial charge is 0.481 e. The molecule has 0 aromatic rings. The lowest BCUT2D eigenvalue weighted by Gasteiger charge is -2.19. The molecule has 0 bridgehead atoms. The maximum Gasteiger partial charge on any atom is 0.453 e. The molecule has 130 valence electrons. The molecular weight excluding hydrogens is 335 g/mol. The summed E-state index contributed by atoms with van der Waals surface area (Å²) in [4.78, 5) is 21.0. The molecule has 0 saturated carbocycles. The van der Waals surface area contributed by atoms with Crippen molar-refractivity contribution in [1.29, 1.82) is 0 Å². The van der Waals surface area contributed by atoms with E-state index in [1.54, 1.807) is 0 Å². The third kappa shape index (κ3) is 9.80. The quantitative estimate of drug-likeness (QED) is 0.267.